The van der Waals surface area contributed by atoms with Gasteiger partial charge in [0.2, 0.25) is 5.91 Å². The zero-order chi connectivity index (χ0) is 18.4. The van der Waals surface area contributed by atoms with Gasteiger partial charge in [0.15, 0.2) is 0 Å². The normalized spacial score (nSPS) is 11.1. The lowest BCUT2D eigenvalue weighted by Crippen LogP contribution is -2.16. The first-order chi connectivity index (χ1) is 11.8. The number of alkyl halides is 3. The van der Waals surface area contributed by atoms with E-state index in [9.17, 15) is 18.0 Å². The second-order valence-corrected chi connectivity index (χ2v) is 5.42. The summed E-state index contributed by atoms with van der Waals surface area (Å²) in [5, 5.41) is 1.97. The summed E-state index contributed by atoms with van der Waals surface area (Å²) in [6, 6.07) is 9.98. The minimum absolute atomic E-state index is 0.0179. The number of ether oxygens (including phenoxy) is 2. The first-order valence-electron chi connectivity index (χ1n) is 7.23. The molecule has 0 aromatic heterocycles. The van der Waals surface area contributed by atoms with Crippen LogP contribution in [0.2, 0.25) is 5.02 Å². The number of nitrogens with one attached hydrogen (secondary N) is 1. The molecule has 0 saturated heterocycles. The van der Waals surface area contributed by atoms with Crippen molar-refractivity contribution >= 4 is 23.2 Å². The van der Waals surface area contributed by atoms with Gasteiger partial charge in [0.25, 0.3) is 0 Å². The van der Waals surface area contributed by atoms with Crippen molar-refractivity contribution in [3.8, 4) is 11.5 Å². The minimum Gasteiger partial charge on any atom is -0.497 e. The Balaban J connectivity index is 1.87. The minimum atomic E-state index is -4.59. The van der Waals surface area contributed by atoms with Crippen LogP contribution in [0.4, 0.5) is 18.9 Å². The zero-order valence-corrected chi connectivity index (χ0v) is 13.9. The van der Waals surface area contributed by atoms with Crippen molar-refractivity contribution in [1.29, 1.82) is 0 Å². The summed E-state index contributed by atoms with van der Waals surface area (Å²) in [5.74, 6) is 0.761. The van der Waals surface area contributed by atoms with Crippen LogP contribution in [0.1, 0.15) is 12.0 Å². The molecule has 0 saturated carbocycles. The van der Waals surface area contributed by atoms with E-state index in [1.165, 1.54) is 6.07 Å². The Morgan fingerprint density at radius 3 is 2.36 bits per heavy atom. The fourth-order valence-corrected chi connectivity index (χ4v) is 2.20. The molecule has 0 bridgehead atoms. The third kappa shape index (κ3) is 5.56. The number of methoxy groups -OCH3 is 1. The first kappa shape index (κ1) is 18.9. The van der Waals surface area contributed by atoms with Crippen LogP contribution < -0.4 is 14.8 Å². The van der Waals surface area contributed by atoms with E-state index < -0.39 is 22.7 Å². The van der Waals surface area contributed by atoms with Gasteiger partial charge in [-0.1, -0.05) is 11.6 Å². The van der Waals surface area contributed by atoms with Crippen molar-refractivity contribution in [1.82, 2.24) is 0 Å². The van der Waals surface area contributed by atoms with Gasteiger partial charge >= 0.3 is 6.18 Å². The smallest absolute Gasteiger partial charge is 0.417 e. The average Bonchev–Trinajstić information content (AvgIpc) is 2.56. The van der Waals surface area contributed by atoms with Gasteiger partial charge in [-0.25, -0.2) is 0 Å². The number of hydrogen-bond acceptors (Lipinski definition) is 3. The van der Waals surface area contributed by atoms with E-state index in [2.05, 4.69) is 5.32 Å². The molecule has 0 heterocycles. The fourth-order valence-electron chi connectivity index (χ4n) is 1.98. The van der Waals surface area contributed by atoms with Crippen molar-refractivity contribution in [2.45, 2.75) is 12.6 Å². The van der Waals surface area contributed by atoms with E-state index in [0.29, 0.717) is 11.5 Å². The average molecular weight is 374 g/mol. The number of benzene rings is 2. The summed E-state index contributed by atoms with van der Waals surface area (Å²) in [6.45, 7) is 0.0812. The van der Waals surface area contributed by atoms with Gasteiger partial charge in [-0.3, -0.25) is 4.79 Å². The lowest BCUT2D eigenvalue weighted by molar-refractivity contribution is -0.137. The van der Waals surface area contributed by atoms with Gasteiger partial charge in [0.05, 0.1) is 30.7 Å². The molecule has 1 N–H and O–H groups in total. The third-order valence-electron chi connectivity index (χ3n) is 3.21. The molecule has 0 aliphatic heterocycles. The van der Waals surface area contributed by atoms with Crippen molar-refractivity contribution in [3.63, 3.8) is 0 Å². The summed E-state index contributed by atoms with van der Waals surface area (Å²) in [7, 11) is 1.54. The highest BCUT2D eigenvalue weighted by Crippen LogP contribution is 2.36. The van der Waals surface area contributed by atoms with E-state index in [-0.39, 0.29) is 18.7 Å². The molecule has 0 aliphatic carbocycles. The molecular weight excluding hydrogens is 359 g/mol. The Bertz CT molecular complexity index is 733. The van der Waals surface area contributed by atoms with Crippen LogP contribution in [-0.4, -0.2) is 19.6 Å². The Labute approximate surface area is 147 Å². The van der Waals surface area contributed by atoms with Crippen molar-refractivity contribution in [2.75, 3.05) is 19.0 Å². The van der Waals surface area contributed by atoms with Gasteiger partial charge in [-0.05, 0) is 42.5 Å². The molecule has 8 heteroatoms. The number of carbonyl (C=O) groups is 1. The van der Waals surface area contributed by atoms with Gasteiger partial charge in [-0.15, -0.1) is 0 Å². The molecule has 0 fully saturated rings. The number of halogens is 4. The van der Waals surface area contributed by atoms with Crippen LogP contribution in [0.25, 0.3) is 0 Å². The second kappa shape index (κ2) is 8.11. The van der Waals surface area contributed by atoms with Gasteiger partial charge < -0.3 is 14.8 Å². The standard InChI is InChI=1S/C17H15ClF3NO3/c1-24-12-3-5-13(6-4-12)25-9-8-16(23)22-11-2-7-15(18)14(10-11)17(19,20)21/h2-7,10H,8-9H2,1H3,(H,22,23). The predicted octanol–water partition coefficient (Wildman–Crippen LogP) is 4.78. The van der Waals surface area contributed by atoms with E-state index in [4.69, 9.17) is 21.1 Å². The Morgan fingerprint density at radius 2 is 1.76 bits per heavy atom. The van der Waals surface area contributed by atoms with Gasteiger partial charge in [-0.2, -0.15) is 13.2 Å². The molecule has 0 spiro atoms. The predicted molar refractivity (Wildman–Crippen MR) is 88.2 cm³/mol. The maximum absolute atomic E-state index is 12.8. The van der Waals surface area contributed by atoms with Crippen LogP contribution in [0.15, 0.2) is 42.5 Å². The van der Waals surface area contributed by atoms with Crippen LogP contribution in [-0.2, 0) is 11.0 Å². The Morgan fingerprint density at radius 1 is 1.12 bits per heavy atom. The molecule has 1 amide bonds. The molecular formula is C17H15ClF3NO3. The van der Waals surface area contributed by atoms with Crippen LogP contribution >= 0.6 is 11.6 Å². The topological polar surface area (TPSA) is 47.6 Å². The van der Waals surface area contributed by atoms with Crippen molar-refractivity contribution in [2.24, 2.45) is 0 Å². The highest BCUT2D eigenvalue weighted by Gasteiger charge is 2.33. The monoisotopic (exact) mass is 373 g/mol. The van der Waals surface area contributed by atoms with E-state index in [1.54, 1.807) is 31.4 Å². The van der Waals surface area contributed by atoms with Gasteiger partial charge in [0, 0.05) is 5.69 Å². The molecule has 4 nitrogen and oxygen atoms in total. The number of hydrogen-bond donors (Lipinski definition) is 1. The second-order valence-electron chi connectivity index (χ2n) is 5.01. The van der Waals surface area contributed by atoms with E-state index in [1.807, 2.05) is 0 Å². The highest BCUT2D eigenvalue weighted by atomic mass is 35.5. The van der Waals surface area contributed by atoms with Crippen molar-refractivity contribution in [3.05, 3.63) is 53.1 Å². The van der Waals surface area contributed by atoms with Crippen LogP contribution in [0, 0.1) is 0 Å². The van der Waals surface area contributed by atoms with Crippen molar-refractivity contribution < 1.29 is 27.4 Å². The van der Waals surface area contributed by atoms with Crippen LogP contribution in [0.5, 0.6) is 11.5 Å². The summed E-state index contributed by atoms with van der Waals surface area (Å²) in [6.07, 6.45) is -4.61. The van der Waals surface area contributed by atoms with E-state index >= 15 is 0 Å². The maximum Gasteiger partial charge on any atom is 0.417 e. The third-order valence-corrected chi connectivity index (χ3v) is 3.54. The summed E-state index contributed by atoms with van der Waals surface area (Å²) in [4.78, 5) is 11.8. The molecule has 25 heavy (non-hydrogen) atoms. The molecule has 0 aliphatic rings. The SMILES string of the molecule is COc1ccc(OCCC(=O)Nc2ccc(Cl)c(C(F)(F)F)c2)cc1. The maximum atomic E-state index is 12.8. The number of carbonyl (C=O) groups excluding carboxylic acids is 1. The van der Waals surface area contributed by atoms with E-state index in [0.717, 1.165) is 12.1 Å². The summed E-state index contributed by atoms with van der Waals surface area (Å²) in [5.41, 5.74) is -0.979. The lowest BCUT2D eigenvalue weighted by Gasteiger charge is -2.12. The van der Waals surface area contributed by atoms with Gasteiger partial charge in [0.1, 0.15) is 11.5 Å². The molecule has 134 valence electrons. The molecule has 2 rings (SSSR count). The molecule has 0 radical (unpaired) electrons. The molecule has 0 unspecified atom stereocenters. The zero-order valence-electron chi connectivity index (χ0n) is 13.2. The largest absolute Gasteiger partial charge is 0.497 e. The molecule has 2 aromatic rings. The quantitative estimate of drug-likeness (QED) is 0.793. The first-order valence-corrected chi connectivity index (χ1v) is 7.61. The lowest BCUT2D eigenvalue weighted by atomic mass is 10.2. The molecule has 0 atom stereocenters. The molecule has 2 aromatic carbocycles. The Kier molecular flexibility index (Phi) is 6.14. The fraction of sp³-hybridized carbons (Fsp3) is 0.235. The Hall–Kier alpha value is -2.41. The van der Waals surface area contributed by atoms with Crippen LogP contribution in [0.3, 0.4) is 0 Å². The number of rotatable bonds is 6. The summed E-state index contributed by atoms with van der Waals surface area (Å²) >= 11 is 5.53. The number of amides is 1. The highest BCUT2D eigenvalue weighted by molar-refractivity contribution is 6.31. The number of anilines is 1. The summed E-state index contributed by atoms with van der Waals surface area (Å²) < 4.78 is 48.8.